The molecule has 1 N–H and O–H groups in total. The zero-order valence-electron chi connectivity index (χ0n) is 11.7. The largest absolute Gasteiger partial charge is 0.484 e. The van der Waals surface area contributed by atoms with Gasteiger partial charge in [0, 0.05) is 13.1 Å². The monoisotopic (exact) mass is 276 g/mol. The minimum atomic E-state index is -0.500. The molecule has 1 aromatic rings. The van der Waals surface area contributed by atoms with Crippen molar-refractivity contribution >= 4 is 11.8 Å². The SMILES string of the molecule is C[C@@H](NC(=O)COc1ccccc1)C(=O)N1CCCC1. The summed E-state index contributed by atoms with van der Waals surface area (Å²) in [6, 6.07) is 8.63. The highest BCUT2D eigenvalue weighted by Gasteiger charge is 2.24. The lowest BCUT2D eigenvalue weighted by Crippen LogP contribution is -2.47. The summed E-state index contributed by atoms with van der Waals surface area (Å²) in [5, 5.41) is 2.67. The normalized spacial score (nSPS) is 15.8. The Balaban J connectivity index is 1.74. The van der Waals surface area contributed by atoms with Gasteiger partial charge >= 0.3 is 0 Å². The van der Waals surface area contributed by atoms with Gasteiger partial charge in [0.25, 0.3) is 5.91 Å². The van der Waals surface area contributed by atoms with Crippen molar-refractivity contribution in [3.63, 3.8) is 0 Å². The lowest BCUT2D eigenvalue weighted by Gasteiger charge is -2.21. The van der Waals surface area contributed by atoms with Crippen LogP contribution in [0.1, 0.15) is 19.8 Å². The number of likely N-dealkylation sites (tertiary alicyclic amines) is 1. The van der Waals surface area contributed by atoms with Crippen LogP contribution < -0.4 is 10.1 Å². The summed E-state index contributed by atoms with van der Waals surface area (Å²) in [5.74, 6) is 0.339. The van der Waals surface area contributed by atoms with Crippen LogP contribution in [-0.4, -0.2) is 42.5 Å². The van der Waals surface area contributed by atoms with E-state index in [-0.39, 0.29) is 18.4 Å². The van der Waals surface area contributed by atoms with E-state index in [1.54, 1.807) is 24.0 Å². The molecule has 0 spiro atoms. The van der Waals surface area contributed by atoms with Gasteiger partial charge in [-0.15, -0.1) is 0 Å². The Kier molecular flexibility index (Phi) is 4.98. The molecule has 108 valence electrons. The van der Waals surface area contributed by atoms with Gasteiger partial charge in [0.1, 0.15) is 11.8 Å². The van der Waals surface area contributed by atoms with Gasteiger partial charge in [-0.25, -0.2) is 0 Å². The van der Waals surface area contributed by atoms with Crippen molar-refractivity contribution in [1.29, 1.82) is 0 Å². The quantitative estimate of drug-likeness (QED) is 0.879. The Labute approximate surface area is 118 Å². The first kappa shape index (κ1) is 14.4. The van der Waals surface area contributed by atoms with Crippen LogP contribution in [0.5, 0.6) is 5.75 Å². The van der Waals surface area contributed by atoms with Crippen LogP contribution in [0.4, 0.5) is 0 Å². The fraction of sp³-hybridized carbons (Fsp3) is 0.467. The fourth-order valence-corrected chi connectivity index (χ4v) is 2.22. The fourth-order valence-electron chi connectivity index (χ4n) is 2.22. The van der Waals surface area contributed by atoms with Gasteiger partial charge in [-0.05, 0) is 31.9 Å². The predicted molar refractivity (Wildman–Crippen MR) is 75.4 cm³/mol. The zero-order valence-corrected chi connectivity index (χ0v) is 11.7. The second kappa shape index (κ2) is 6.93. The number of carbonyl (C=O) groups excluding carboxylic acids is 2. The molecule has 0 bridgehead atoms. The van der Waals surface area contributed by atoms with Crippen molar-refractivity contribution in [1.82, 2.24) is 10.2 Å². The zero-order chi connectivity index (χ0) is 14.4. The molecule has 0 aromatic heterocycles. The molecule has 1 fully saturated rings. The third-order valence-corrected chi connectivity index (χ3v) is 3.28. The number of hydrogen-bond donors (Lipinski definition) is 1. The third-order valence-electron chi connectivity index (χ3n) is 3.28. The molecule has 5 heteroatoms. The van der Waals surface area contributed by atoms with E-state index >= 15 is 0 Å². The molecule has 0 saturated carbocycles. The molecule has 0 unspecified atom stereocenters. The number of amides is 2. The van der Waals surface area contributed by atoms with Crippen molar-refractivity contribution in [2.75, 3.05) is 19.7 Å². The van der Waals surface area contributed by atoms with E-state index in [4.69, 9.17) is 4.74 Å². The Morgan fingerprint density at radius 1 is 1.25 bits per heavy atom. The van der Waals surface area contributed by atoms with Crippen molar-refractivity contribution in [3.05, 3.63) is 30.3 Å². The summed E-state index contributed by atoms with van der Waals surface area (Å²) in [5.41, 5.74) is 0. The number of carbonyl (C=O) groups is 2. The van der Waals surface area contributed by atoms with E-state index in [2.05, 4.69) is 5.32 Å². The van der Waals surface area contributed by atoms with E-state index in [1.807, 2.05) is 18.2 Å². The summed E-state index contributed by atoms with van der Waals surface area (Å²) < 4.78 is 5.34. The number of nitrogens with one attached hydrogen (secondary N) is 1. The van der Waals surface area contributed by atoms with Gasteiger partial charge in [-0.1, -0.05) is 18.2 Å². The van der Waals surface area contributed by atoms with Crippen LogP contribution in [0.25, 0.3) is 0 Å². The average molecular weight is 276 g/mol. The molecular formula is C15H20N2O3. The van der Waals surface area contributed by atoms with E-state index in [0.717, 1.165) is 25.9 Å². The van der Waals surface area contributed by atoms with Crippen LogP contribution in [0.15, 0.2) is 30.3 Å². The Bertz CT molecular complexity index is 455. The van der Waals surface area contributed by atoms with Crippen LogP contribution in [-0.2, 0) is 9.59 Å². The molecule has 1 aliphatic heterocycles. The first-order valence-corrected chi connectivity index (χ1v) is 6.93. The maximum atomic E-state index is 12.0. The maximum Gasteiger partial charge on any atom is 0.258 e. The van der Waals surface area contributed by atoms with Gasteiger partial charge in [0.15, 0.2) is 6.61 Å². The summed E-state index contributed by atoms with van der Waals surface area (Å²) >= 11 is 0. The van der Waals surface area contributed by atoms with Gasteiger partial charge in [-0.2, -0.15) is 0 Å². The molecule has 1 atom stereocenters. The summed E-state index contributed by atoms with van der Waals surface area (Å²) in [7, 11) is 0. The number of ether oxygens (including phenoxy) is 1. The number of nitrogens with zero attached hydrogens (tertiary/aromatic N) is 1. The van der Waals surface area contributed by atoms with E-state index in [0.29, 0.717) is 5.75 Å². The second-order valence-electron chi connectivity index (χ2n) is 4.92. The van der Waals surface area contributed by atoms with Gasteiger partial charge < -0.3 is 15.0 Å². The lowest BCUT2D eigenvalue weighted by atomic mass is 10.3. The van der Waals surface area contributed by atoms with Gasteiger partial charge in [0.2, 0.25) is 5.91 Å². The smallest absolute Gasteiger partial charge is 0.258 e. The topological polar surface area (TPSA) is 58.6 Å². The number of para-hydroxylation sites is 1. The predicted octanol–water partition coefficient (Wildman–Crippen LogP) is 1.19. The van der Waals surface area contributed by atoms with Crippen LogP contribution in [0.2, 0.25) is 0 Å². The highest BCUT2D eigenvalue weighted by atomic mass is 16.5. The van der Waals surface area contributed by atoms with Crippen molar-refractivity contribution in [2.45, 2.75) is 25.8 Å². The molecular weight excluding hydrogens is 256 g/mol. The summed E-state index contributed by atoms with van der Waals surface area (Å²) in [6.07, 6.45) is 2.09. The molecule has 2 amide bonds. The molecule has 1 heterocycles. The Morgan fingerprint density at radius 3 is 2.55 bits per heavy atom. The Hall–Kier alpha value is -2.04. The van der Waals surface area contributed by atoms with Gasteiger partial charge in [0.05, 0.1) is 0 Å². The number of hydrogen-bond acceptors (Lipinski definition) is 3. The van der Waals surface area contributed by atoms with E-state index < -0.39 is 6.04 Å². The first-order chi connectivity index (χ1) is 9.66. The van der Waals surface area contributed by atoms with Crippen molar-refractivity contribution < 1.29 is 14.3 Å². The van der Waals surface area contributed by atoms with Crippen LogP contribution in [0.3, 0.4) is 0 Å². The molecule has 0 aliphatic carbocycles. The second-order valence-corrected chi connectivity index (χ2v) is 4.92. The number of benzene rings is 1. The standard InChI is InChI=1S/C15H20N2O3/c1-12(15(19)17-9-5-6-10-17)16-14(18)11-20-13-7-3-2-4-8-13/h2-4,7-8,12H,5-6,9-11H2,1H3,(H,16,18)/t12-/m1/s1. The van der Waals surface area contributed by atoms with Crippen LogP contribution >= 0.6 is 0 Å². The molecule has 1 aromatic carbocycles. The van der Waals surface area contributed by atoms with Gasteiger partial charge in [-0.3, -0.25) is 9.59 Å². The number of rotatable bonds is 5. The summed E-state index contributed by atoms with van der Waals surface area (Å²) in [6.45, 7) is 3.21. The highest BCUT2D eigenvalue weighted by molar-refractivity contribution is 5.87. The van der Waals surface area contributed by atoms with E-state index in [1.165, 1.54) is 0 Å². The highest BCUT2D eigenvalue weighted by Crippen LogP contribution is 2.09. The molecule has 2 rings (SSSR count). The minimum absolute atomic E-state index is 0.0180. The molecule has 1 saturated heterocycles. The van der Waals surface area contributed by atoms with Crippen LogP contribution in [0, 0.1) is 0 Å². The van der Waals surface area contributed by atoms with Crippen molar-refractivity contribution in [3.8, 4) is 5.75 Å². The third kappa shape index (κ3) is 3.98. The molecule has 1 aliphatic rings. The minimum Gasteiger partial charge on any atom is -0.484 e. The van der Waals surface area contributed by atoms with Crippen molar-refractivity contribution in [2.24, 2.45) is 0 Å². The maximum absolute atomic E-state index is 12.0. The molecule has 20 heavy (non-hydrogen) atoms. The summed E-state index contributed by atoms with van der Waals surface area (Å²) in [4.78, 5) is 25.6. The first-order valence-electron chi connectivity index (χ1n) is 6.93. The average Bonchev–Trinajstić information content (AvgIpc) is 2.99. The Morgan fingerprint density at radius 2 is 1.90 bits per heavy atom. The molecule has 5 nitrogen and oxygen atoms in total. The molecule has 0 radical (unpaired) electrons. The van der Waals surface area contributed by atoms with E-state index in [9.17, 15) is 9.59 Å². The lowest BCUT2D eigenvalue weighted by molar-refractivity contribution is -0.135.